The minimum atomic E-state index is -0.272. The smallest absolute Gasteiger partial charge is 0.259 e. The highest BCUT2D eigenvalue weighted by Gasteiger charge is 2.20. The highest BCUT2D eigenvalue weighted by Crippen LogP contribution is 2.29. The van der Waals surface area contributed by atoms with Crippen molar-refractivity contribution in [3.8, 4) is 23.0 Å². The van der Waals surface area contributed by atoms with Gasteiger partial charge >= 0.3 is 0 Å². The fourth-order valence-electron chi connectivity index (χ4n) is 3.09. The maximum absolute atomic E-state index is 13.0. The molecule has 0 saturated carbocycles. The normalized spacial score (nSPS) is 10.9. The molecule has 0 unspecified atom stereocenters. The van der Waals surface area contributed by atoms with Gasteiger partial charge in [-0.3, -0.25) is 4.79 Å². The molecule has 0 saturated heterocycles. The van der Waals surface area contributed by atoms with Gasteiger partial charge in [-0.25, -0.2) is 4.98 Å². The lowest BCUT2D eigenvalue weighted by molar-refractivity contribution is 0.0952. The lowest BCUT2D eigenvalue weighted by Crippen LogP contribution is -2.23. The molecule has 148 valence electrons. The third-order valence-corrected chi connectivity index (χ3v) is 4.54. The van der Waals surface area contributed by atoms with E-state index in [1.807, 2.05) is 12.1 Å². The summed E-state index contributed by atoms with van der Waals surface area (Å²) in [4.78, 5) is 17.4. The van der Waals surface area contributed by atoms with Crippen LogP contribution in [-0.4, -0.2) is 30.3 Å². The highest BCUT2D eigenvalue weighted by molar-refractivity contribution is 6.06. The fourth-order valence-corrected chi connectivity index (χ4v) is 3.09. The number of carbonyl (C=O) groups is 1. The lowest BCUT2D eigenvalue weighted by atomic mass is 10.1. The third kappa shape index (κ3) is 3.52. The van der Waals surface area contributed by atoms with Crippen molar-refractivity contribution < 1.29 is 23.2 Å². The van der Waals surface area contributed by atoms with E-state index in [1.165, 1.54) is 0 Å². The first kappa shape index (κ1) is 18.5. The molecule has 3 aromatic heterocycles. The number of aryl methyl sites for hydroxylation is 1. The quantitative estimate of drug-likeness (QED) is 0.533. The van der Waals surface area contributed by atoms with Crippen LogP contribution < -0.4 is 14.8 Å². The predicted molar refractivity (Wildman–Crippen MR) is 105 cm³/mol. The second-order valence-corrected chi connectivity index (χ2v) is 6.35. The van der Waals surface area contributed by atoms with E-state index in [2.05, 4.69) is 15.5 Å². The molecule has 4 aromatic rings. The molecular formula is C21H19N3O5. The van der Waals surface area contributed by atoms with Crippen LogP contribution in [-0.2, 0) is 6.54 Å². The molecule has 1 N–H and O–H groups in total. The van der Waals surface area contributed by atoms with Gasteiger partial charge in [-0.2, -0.15) is 0 Å². The van der Waals surface area contributed by atoms with Gasteiger partial charge in [0.1, 0.15) is 5.69 Å². The maximum Gasteiger partial charge on any atom is 0.259 e. The molecule has 1 amide bonds. The Balaban J connectivity index is 1.64. The molecule has 3 heterocycles. The summed E-state index contributed by atoms with van der Waals surface area (Å²) in [5, 5.41) is 7.44. The third-order valence-electron chi connectivity index (χ3n) is 4.54. The Bertz CT molecular complexity index is 1160. The van der Waals surface area contributed by atoms with Gasteiger partial charge in [0, 0.05) is 6.54 Å². The van der Waals surface area contributed by atoms with E-state index >= 15 is 0 Å². The number of furan rings is 1. The largest absolute Gasteiger partial charge is 0.493 e. The Kier molecular flexibility index (Phi) is 4.90. The molecule has 8 nitrogen and oxygen atoms in total. The predicted octanol–water partition coefficient (Wildman–Crippen LogP) is 3.74. The second kappa shape index (κ2) is 7.67. The fraction of sp³-hybridized carbons (Fsp3) is 0.190. The van der Waals surface area contributed by atoms with Crippen molar-refractivity contribution in [1.29, 1.82) is 0 Å². The molecule has 8 heteroatoms. The van der Waals surface area contributed by atoms with Crippen molar-refractivity contribution in [2.75, 3.05) is 14.2 Å². The van der Waals surface area contributed by atoms with Crippen LogP contribution in [0.1, 0.15) is 21.6 Å². The first-order chi connectivity index (χ1) is 14.1. The molecule has 0 atom stereocenters. The molecule has 0 radical (unpaired) electrons. The van der Waals surface area contributed by atoms with Crippen molar-refractivity contribution in [2.24, 2.45) is 0 Å². The Morgan fingerprint density at radius 2 is 1.97 bits per heavy atom. The molecule has 4 rings (SSSR count). The van der Waals surface area contributed by atoms with Crippen LogP contribution in [0.4, 0.5) is 0 Å². The highest BCUT2D eigenvalue weighted by atomic mass is 16.5. The summed E-state index contributed by atoms with van der Waals surface area (Å²) in [6.45, 7) is 2.08. The summed E-state index contributed by atoms with van der Waals surface area (Å²) in [5.41, 5.74) is 2.66. The molecule has 0 aliphatic heterocycles. The van der Waals surface area contributed by atoms with E-state index in [0.29, 0.717) is 46.1 Å². The van der Waals surface area contributed by atoms with Gasteiger partial charge in [0.2, 0.25) is 0 Å². The van der Waals surface area contributed by atoms with Crippen LogP contribution in [0.3, 0.4) is 0 Å². The number of amides is 1. The number of pyridine rings is 1. The molecular weight excluding hydrogens is 374 g/mol. The van der Waals surface area contributed by atoms with Gasteiger partial charge in [-0.1, -0.05) is 11.2 Å². The van der Waals surface area contributed by atoms with Gasteiger partial charge in [0.05, 0.1) is 37.1 Å². The molecule has 0 spiro atoms. The van der Waals surface area contributed by atoms with Crippen molar-refractivity contribution in [1.82, 2.24) is 15.5 Å². The van der Waals surface area contributed by atoms with Crippen molar-refractivity contribution >= 4 is 17.0 Å². The number of nitrogens with one attached hydrogen (secondary N) is 1. The average Bonchev–Trinajstić information content (AvgIpc) is 3.41. The number of hydrogen-bond acceptors (Lipinski definition) is 7. The molecule has 0 aliphatic rings. The van der Waals surface area contributed by atoms with Crippen LogP contribution in [0.15, 0.2) is 51.6 Å². The topological polar surface area (TPSA) is 99.6 Å². The van der Waals surface area contributed by atoms with Gasteiger partial charge in [0.15, 0.2) is 17.3 Å². The number of ether oxygens (including phenoxy) is 2. The summed E-state index contributed by atoms with van der Waals surface area (Å²) in [6, 6.07) is 10.7. The number of carbonyl (C=O) groups excluding carboxylic acids is 1. The Morgan fingerprint density at radius 3 is 2.69 bits per heavy atom. The number of aromatic nitrogens is 2. The Hall–Kier alpha value is -3.81. The summed E-state index contributed by atoms with van der Waals surface area (Å²) in [7, 11) is 3.14. The van der Waals surface area contributed by atoms with Gasteiger partial charge in [-0.05, 0) is 42.8 Å². The van der Waals surface area contributed by atoms with E-state index in [-0.39, 0.29) is 11.6 Å². The van der Waals surface area contributed by atoms with Gasteiger partial charge in [-0.15, -0.1) is 0 Å². The average molecular weight is 393 g/mol. The van der Waals surface area contributed by atoms with E-state index in [0.717, 1.165) is 5.56 Å². The monoisotopic (exact) mass is 393 g/mol. The van der Waals surface area contributed by atoms with Crippen molar-refractivity contribution in [3.63, 3.8) is 0 Å². The van der Waals surface area contributed by atoms with Gasteiger partial charge < -0.3 is 23.7 Å². The Morgan fingerprint density at radius 1 is 1.14 bits per heavy atom. The number of nitrogens with zero attached hydrogens (tertiary/aromatic N) is 2. The summed E-state index contributed by atoms with van der Waals surface area (Å²) in [6.07, 6.45) is 1.55. The summed E-state index contributed by atoms with van der Waals surface area (Å²) in [5.74, 6) is 1.49. The molecule has 29 heavy (non-hydrogen) atoms. The standard InChI is InChI=1S/C21H19N3O5/c1-12-19-14(10-15(16-5-4-8-28-16)23-21(19)29-24-12)20(25)22-11-13-6-7-17(26-2)18(9-13)27-3/h4-10H,11H2,1-3H3,(H,22,25). The van der Waals surface area contributed by atoms with Gasteiger partial charge in [0.25, 0.3) is 11.6 Å². The van der Waals surface area contributed by atoms with Crippen LogP contribution in [0.25, 0.3) is 22.6 Å². The van der Waals surface area contributed by atoms with Crippen LogP contribution >= 0.6 is 0 Å². The number of methoxy groups -OCH3 is 2. The van der Waals surface area contributed by atoms with Crippen LogP contribution in [0, 0.1) is 6.92 Å². The number of benzene rings is 1. The van der Waals surface area contributed by atoms with E-state index in [4.69, 9.17) is 18.4 Å². The first-order valence-corrected chi connectivity index (χ1v) is 8.90. The molecule has 0 aliphatic carbocycles. The molecule has 1 aromatic carbocycles. The zero-order chi connectivity index (χ0) is 20.4. The van der Waals surface area contributed by atoms with E-state index in [9.17, 15) is 4.79 Å². The maximum atomic E-state index is 13.0. The van der Waals surface area contributed by atoms with E-state index < -0.39 is 0 Å². The van der Waals surface area contributed by atoms with Crippen LogP contribution in [0.2, 0.25) is 0 Å². The SMILES string of the molecule is COc1ccc(CNC(=O)c2cc(-c3ccco3)nc3onc(C)c23)cc1OC. The second-order valence-electron chi connectivity index (χ2n) is 6.35. The molecule has 0 fully saturated rings. The number of fused-ring (bicyclic) bond motifs is 1. The van der Waals surface area contributed by atoms with Crippen molar-refractivity contribution in [2.45, 2.75) is 13.5 Å². The number of rotatable bonds is 6. The zero-order valence-electron chi connectivity index (χ0n) is 16.2. The summed E-state index contributed by atoms with van der Waals surface area (Å²) >= 11 is 0. The number of hydrogen-bond donors (Lipinski definition) is 1. The lowest BCUT2D eigenvalue weighted by Gasteiger charge is -2.11. The Labute approximate surface area is 166 Å². The summed E-state index contributed by atoms with van der Waals surface area (Å²) < 4.78 is 21.2. The zero-order valence-corrected chi connectivity index (χ0v) is 16.2. The minimum Gasteiger partial charge on any atom is -0.493 e. The molecule has 0 bridgehead atoms. The minimum absolute atomic E-state index is 0.272. The first-order valence-electron chi connectivity index (χ1n) is 8.90. The van der Waals surface area contributed by atoms with Crippen LogP contribution in [0.5, 0.6) is 11.5 Å². The van der Waals surface area contributed by atoms with Crippen molar-refractivity contribution in [3.05, 3.63) is 59.5 Å². The van der Waals surface area contributed by atoms with E-state index in [1.54, 1.807) is 51.7 Å².